The van der Waals surface area contributed by atoms with Crippen LogP contribution in [0.2, 0.25) is 0 Å². The van der Waals surface area contributed by atoms with E-state index in [-0.39, 0.29) is 36.2 Å². The Bertz CT molecular complexity index is 589. The molecule has 1 aromatic carbocycles. The Hall–Kier alpha value is -1.96. The zero-order valence-electron chi connectivity index (χ0n) is 13.1. The number of benzene rings is 1. The predicted molar refractivity (Wildman–Crippen MR) is 82.7 cm³/mol. The fraction of sp³-hybridized carbons (Fsp3) is 0.500. The van der Waals surface area contributed by atoms with Crippen LogP contribution in [0.5, 0.6) is 0 Å². The Morgan fingerprint density at radius 2 is 1.83 bits per heavy atom. The maximum absolute atomic E-state index is 12.1. The third-order valence-electron chi connectivity index (χ3n) is 4.18. The lowest BCUT2D eigenvalue weighted by Gasteiger charge is -2.18. The zero-order chi connectivity index (χ0) is 16.4. The Morgan fingerprint density at radius 3 is 2.48 bits per heavy atom. The van der Waals surface area contributed by atoms with Gasteiger partial charge in [0.25, 0.3) is 0 Å². The number of rotatable bonds is 4. The summed E-state index contributed by atoms with van der Waals surface area (Å²) in [6.07, 6.45) is -0.417. The van der Waals surface area contributed by atoms with Gasteiger partial charge in [-0.05, 0) is 31.2 Å². The van der Waals surface area contributed by atoms with Crippen LogP contribution in [-0.4, -0.2) is 56.5 Å². The third kappa shape index (κ3) is 3.36. The van der Waals surface area contributed by atoms with E-state index < -0.39 is 0 Å². The average molecular weight is 320 g/mol. The number of urea groups is 1. The van der Waals surface area contributed by atoms with E-state index in [0.717, 1.165) is 0 Å². The quantitative estimate of drug-likeness (QED) is 0.814. The summed E-state index contributed by atoms with van der Waals surface area (Å²) in [5.74, 6) is -0.0128. The standard InChI is InChI=1S/C16H20N2O5/c1-9(19)10-3-5-11(6-4-10)17-16(20)18-12-7-22-15-13(21-2)8-23-14(12)15/h3-6,12-15H,7-8H2,1-2H3,(H2,17,18,20)/t12-,13+,14+,15+/m0/s1. The fourth-order valence-electron chi connectivity index (χ4n) is 2.91. The first-order valence-corrected chi connectivity index (χ1v) is 7.53. The predicted octanol–water partition coefficient (Wildman–Crippen LogP) is 1.19. The van der Waals surface area contributed by atoms with Crippen LogP contribution in [0.25, 0.3) is 0 Å². The molecule has 2 aliphatic rings. The summed E-state index contributed by atoms with van der Waals surface area (Å²) < 4.78 is 16.6. The molecule has 1 aromatic rings. The second-order valence-corrected chi connectivity index (χ2v) is 5.71. The van der Waals surface area contributed by atoms with E-state index in [2.05, 4.69) is 10.6 Å². The van der Waals surface area contributed by atoms with Gasteiger partial charge in [-0.15, -0.1) is 0 Å². The number of amides is 2. The molecule has 0 bridgehead atoms. The number of carbonyl (C=O) groups is 2. The lowest BCUT2D eigenvalue weighted by Crippen LogP contribution is -2.46. The highest BCUT2D eigenvalue weighted by Gasteiger charge is 2.48. The molecular formula is C16H20N2O5. The third-order valence-corrected chi connectivity index (χ3v) is 4.18. The number of Topliss-reactive ketones (excluding diaryl/α,β-unsaturated/α-hetero) is 1. The van der Waals surface area contributed by atoms with Crippen molar-refractivity contribution in [2.24, 2.45) is 0 Å². The molecule has 4 atom stereocenters. The van der Waals surface area contributed by atoms with Crippen molar-refractivity contribution in [3.05, 3.63) is 29.8 Å². The van der Waals surface area contributed by atoms with Crippen molar-refractivity contribution >= 4 is 17.5 Å². The van der Waals surface area contributed by atoms with Gasteiger partial charge in [-0.25, -0.2) is 4.79 Å². The van der Waals surface area contributed by atoms with Crippen LogP contribution in [0.15, 0.2) is 24.3 Å². The highest BCUT2D eigenvalue weighted by molar-refractivity contribution is 5.95. The molecule has 3 rings (SSSR count). The molecule has 0 aliphatic carbocycles. The molecular weight excluding hydrogens is 300 g/mol. The van der Waals surface area contributed by atoms with Crippen LogP contribution in [0, 0.1) is 0 Å². The zero-order valence-corrected chi connectivity index (χ0v) is 13.1. The van der Waals surface area contributed by atoms with Gasteiger partial charge in [0.2, 0.25) is 0 Å². The van der Waals surface area contributed by atoms with Gasteiger partial charge in [-0.1, -0.05) is 0 Å². The Balaban J connectivity index is 1.55. The molecule has 0 aromatic heterocycles. The summed E-state index contributed by atoms with van der Waals surface area (Å²) in [7, 11) is 1.62. The molecule has 2 fully saturated rings. The number of anilines is 1. The molecule has 2 N–H and O–H groups in total. The molecule has 0 unspecified atom stereocenters. The smallest absolute Gasteiger partial charge is 0.319 e. The van der Waals surface area contributed by atoms with Crippen LogP contribution in [0.1, 0.15) is 17.3 Å². The monoisotopic (exact) mass is 320 g/mol. The summed E-state index contributed by atoms with van der Waals surface area (Å²) >= 11 is 0. The molecule has 23 heavy (non-hydrogen) atoms. The maximum Gasteiger partial charge on any atom is 0.319 e. The number of ether oxygens (including phenoxy) is 3. The summed E-state index contributed by atoms with van der Waals surface area (Å²) in [4.78, 5) is 23.3. The Morgan fingerprint density at radius 1 is 1.13 bits per heavy atom. The number of hydrogen-bond donors (Lipinski definition) is 2. The second-order valence-electron chi connectivity index (χ2n) is 5.71. The molecule has 7 heteroatoms. The first-order valence-electron chi connectivity index (χ1n) is 7.53. The largest absolute Gasteiger partial charge is 0.376 e. The summed E-state index contributed by atoms with van der Waals surface area (Å²) in [5.41, 5.74) is 1.22. The van der Waals surface area contributed by atoms with Crippen LogP contribution >= 0.6 is 0 Å². The van der Waals surface area contributed by atoms with Gasteiger partial charge in [-0.2, -0.15) is 0 Å². The average Bonchev–Trinajstić information content (AvgIpc) is 3.10. The van der Waals surface area contributed by atoms with Crippen molar-refractivity contribution in [1.82, 2.24) is 5.32 Å². The van der Waals surface area contributed by atoms with Gasteiger partial charge >= 0.3 is 6.03 Å². The molecule has 0 saturated carbocycles. The van der Waals surface area contributed by atoms with Gasteiger partial charge in [0.05, 0.1) is 19.3 Å². The Kier molecular flexibility index (Phi) is 4.61. The van der Waals surface area contributed by atoms with Crippen molar-refractivity contribution in [2.45, 2.75) is 31.3 Å². The minimum absolute atomic E-state index is 0.0128. The first kappa shape index (κ1) is 15.9. The maximum atomic E-state index is 12.1. The van der Waals surface area contributed by atoms with E-state index in [1.54, 1.807) is 31.4 Å². The summed E-state index contributed by atoms with van der Waals surface area (Å²) in [6.45, 7) is 2.37. The minimum Gasteiger partial charge on any atom is -0.376 e. The molecule has 2 heterocycles. The number of ketones is 1. The van der Waals surface area contributed by atoms with Gasteiger partial charge in [0.1, 0.15) is 18.3 Å². The molecule has 0 spiro atoms. The van der Waals surface area contributed by atoms with Gasteiger partial charge in [0, 0.05) is 18.4 Å². The van der Waals surface area contributed by atoms with E-state index in [9.17, 15) is 9.59 Å². The number of fused-ring (bicyclic) bond motifs is 1. The minimum atomic E-state index is -0.334. The van der Waals surface area contributed by atoms with E-state index >= 15 is 0 Å². The molecule has 2 saturated heterocycles. The first-order chi connectivity index (χ1) is 11.1. The topological polar surface area (TPSA) is 85.9 Å². The number of methoxy groups -OCH3 is 1. The lowest BCUT2D eigenvalue weighted by molar-refractivity contribution is -0.00805. The van der Waals surface area contributed by atoms with Gasteiger partial charge < -0.3 is 24.8 Å². The summed E-state index contributed by atoms with van der Waals surface area (Å²) in [6, 6.07) is 6.19. The molecule has 2 aliphatic heterocycles. The van der Waals surface area contributed by atoms with Gasteiger partial charge in [-0.3, -0.25) is 4.79 Å². The van der Waals surface area contributed by atoms with Crippen molar-refractivity contribution in [3.8, 4) is 0 Å². The number of carbonyl (C=O) groups excluding carboxylic acids is 2. The van der Waals surface area contributed by atoms with E-state index in [1.807, 2.05) is 0 Å². The van der Waals surface area contributed by atoms with Gasteiger partial charge in [0.15, 0.2) is 5.78 Å². The van der Waals surface area contributed by atoms with E-state index in [4.69, 9.17) is 14.2 Å². The highest BCUT2D eigenvalue weighted by atomic mass is 16.6. The highest BCUT2D eigenvalue weighted by Crippen LogP contribution is 2.28. The molecule has 2 amide bonds. The normalized spacial score (nSPS) is 29.1. The number of nitrogens with one attached hydrogen (secondary N) is 2. The van der Waals surface area contributed by atoms with Crippen LogP contribution in [0.3, 0.4) is 0 Å². The van der Waals surface area contributed by atoms with Crippen LogP contribution in [-0.2, 0) is 14.2 Å². The van der Waals surface area contributed by atoms with E-state index in [0.29, 0.717) is 24.5 Å². The van der Waals surface area contributed by atoms with Crippen LogP contribution < -0.4 is 10.6 Å². The van der Waals surface area contributed by atoms with E-state index in [1.165, 1.54) is 6.92 Å². The van der Waals surface area contributed by atoms with Crippen molar-refractivity contribution < 1.29 is 23.8 Å². The summed E-state index contributed by atoms with van der Waals surface area (Å²) in [5, 5.41) is 5.59. The van der Waals surface area contributed by atoms with Crippen molar-refractivity contribution in [2.75, 3.05) is 25.6 Å². The Labute approximate surface area is 134 Å². The second kappa shape index (κ2) is 6.66. The molecule has 7 nitrogen and oxygen atoms in total. The molecule has 0 radical (unpaired) electrons. The lowest BCUT2D eigenvalue weighted by atomic mass is 10.1. The fourth-order valence-corrected chi connectivity index (χ4v) is 2.91. The van der Waals surface area contributed by atoms with Crippen LogP contribution in [0.4, 0.5) is 10.5 Å². The van der Waals surface area contributed by atoms with Crippen molar-refractivity contribution in [3.63, 3.8) is 0 Å². The number of hydrogen-bond acceptors (Lipinski definition) is 5. The molecule has 124 valence electrons. The SMILES string of the molecule is CO[C@@H]1CO[C@H]2[C@@H]1OC[C@@H]2NC(=O)Nc1ccc(C(C)=O)cc1. The van der Waals surface area contributed by atoms with Crippen molar-refractivity contribution in [1.29, 1.82) is 0 Å².